The van der Waals surface area contributed by atoms with Crippen LogP contribution in [-0.2, 0) is 5.41 Å². The van der Waals surface area contributed by atoms with Gasteiger partial charge in [0.1, 0.15) is 0 Å². The van der Waals surface area contributed by atoms with Crippen molar-refractivity contribution in [3.63, 3.8) is 0 Å². The smallest absolute Gasteiger partial charge is 0.238 e. The first-order valence-corrected chi connectivity index (χ1v) is 20.1. The molecule has 0 unspecified atom stereocenters. The fourth-order valence-electron chi connectivity index (χ4n) is 8.95. The lowest BCUT2D eigenvalue weighted by molar-refractivity contribution is 0.632. The number of hydrogen-bond acceptors (Lipinski definition) is 4. The van der Waals surface area contributed by atoms with Crippen molar-refractivity contribution in [2.75, 3.05) is 4.90 Å². The molecule has 0 N–H and O–H groups in total. The molecule has 2 aromatic heterocycles. The highest BCUT2D eigenvalue weighted by Gasteiger charge is 2.39. The second-order valence-corrected chi connectivity index (χ2v) is 15.7. The van der Waals surface area contributed by atoms with Crippen LogP contribution in [0.1, 0.15) is 25.0 Å². The molecule has 11 rings (SSSR count). The second-order valence-electron chi connectivity index (χ2n) is 15.7. The van der Waals surface area contributed by atoms with Crippen LogP contribution in [0.5, 0.6) is 0 Å². The third-order valence-electron chi connectivity index (χ3n) is 11.8. The highest BCUT2D eigenvalue weighted by atomic mass is 15.2. The molecule has 59 heavy (non-hydrogen) atoms. The Morgan fingerprint density at radius 3 is 1.58 bits per heavy atom. The fraction of sp³-hybridized carbons (Fsp3) is 0.0556. The minimum absolute atomic E-state index is 0.294. The van der Waals surface area contributed by atoms with Crippen molar-refractivity contribution in [1.82, 2.24) is 19.5 Å². The van der Waals surface area contributed by atoms with Crippen LogP contribution < -0.4 is 4.90 Å². The van der Waals surface area contributed by atoms with E-state index in [0.717, 1.165) is 72.2 Å². The molecule has 0 aliphatic carbocycles. The van der Waals surface area contributed by atoms with Gasteiger partial charge in [0, 0.05) is 33.0 Å². The average molecular weight is 758 g/mol. The zero-order chi connectivity index (χ0) is 39.5. The number of para-hydroxylation sites is 3. The van der Waals surface area contributed by atoms with Gasteiger partial charge < -0.3 is 4.90 Å². The lowest BCUT2D eigenvalue weighted by Gasteiger charge is -2.42. The van der Waals surface area contributed by atoms with Gasteiger partial charge in [-0.25, -0.2) is 4.98 Å². The van der Waals surface area contributed by atoms with E-state index in [1.807, 2.05) is 12.1 Å². The van der Waals surface area contributed by atoms with Crippen molar-refractivity contribution in [3.8, 4) is 51.0 Å². The Morgan fingerprint density at radius 1 is 0.407 bits per heavy atom. The predicted molar refractivity (Wildman–Crippen MR) is 243 cm³/mol. The van der Waals surface area contributed by atoms with Crippen LogP contribution in [0.3, 0.4) is 0 Å². The summed E-state index contributed by atoms with van der Waals surface area (Å²) in [6.07, 6.45) is 0. The van der Waals surface area contributed by atoms with Crippen molar-refractivity contribution in [1.29, 1.82) is 0 Å². The fourth-order valence-corrected chi connectivity index (χ4v) is 8.95. The average Bonchev–Trinajstić information content (AvgIpc) is 3.65. The zero-order valence-electron chi connectivity index (χ0n) is 32.8. The first-order chi connectivity index (χ1) is 29.0. The number of hydrogen-bond donors (Lipinski definition) is 0. The van der Waals surface area contributed by atoms with E-state index in [1.54, 1.807) is 0 Å². The summed E-state index contributed by atoms with van der Waals surface area (Å²) in [5, 5.41) is 2.27. The molecule has 280 valence electrons. The van der Waals surface area contributed by atoms with Gasteiger partial charge in [-0.3, -0.25) is 4.57 Å². The molecule has 1 aliphatic rings. The van der Waals surface area contributed by atoms with Crippen LogP contribution in [0.25, 0.3) is 72.8 Å². The van der Waals surface area contributed by atoms with Gasteiger partial charge in [0.2, 0.25) is 5.95 Å². The quantitative estimate of drug-likeness (QED) is 0.169. The summed E-state index contributed by atoms with van der Waals surface area (Å²) in [5.74, 6) is 1.77. The van der Waals surface area contributed by atoms with Crippen molar-refractivity contribution in [2.45, 2.75) is 19.3 Å². The van der Waals surface area contributed by atoms with Gasteiger partial charge in [-0.15, -0.1) is 0 Å². The monoisotopic (exact) mass is 757 g/mol. The van der Waals surface area contributed by atoms with E-state index in [1.165, 1.54) is 11.1 Å². The summed E-state index contributed by atoms with van der Waals surface area (Å²) < 4.78 is 2.28. The third kappa shape index (κ3) is 5.73. The molecular formula is C54H39N5. The molecule has 0 radical (unpaired) electrons. The molecule has 0 amide bonds. The highest BCUT2D eigenvalue weighted by Crippen LogP contribution is 2.55. The lowest BCUT2D eigenvalue weighted by atomic mass is 9.73. The molecule has 0 atom stereocenters. The molecule has 5 heteroatoms. The van der Waals surface area contributed by atoms with Crippen LogP contribution >= 0.6 is 0 Å². The van der Waals surface area contributed by atoms with E-state index < -0.39 is 0 Å². The number of nitrogens with zero attached hydrogens (tertiary/aromatic N) is 5. The lowest BCUT2D eigenvalue weighted by Crippen LogP contribution is -2.31. The standard InChI is InChI=1S/C54H39N5/c1-54(2)45-29-13-15-31-48(45)58(42-26-10-5-11-27-42)50-46(54)33-32-44-43-28-12-14-30-47(43)59(49(44)50)53-56-51(40-24-16-22-38(34-40)36-18-6-3-7-19-36)55-52(57-53)41-25-17-23-39(35-41)37-20-8-4-9-21-37/h3-35H,1-2H3. The Bertz CT molecular complexity index is 3090. The predicted octanol–water partition coefficient (Wildman–Crippen LogP) is 13.7. The van der Waals surface area contributed by atoms with E-state index in [4.69, 9.17) is 15.0 Å². The Morgan fingerprint density at radius 2 is 0.932 bits per heavy atom. The van der Waals surface area contributed by atoms with Crippen LogP contribution in [-0.4, -0.2) is 19.5 Å². The number of rotatable bonds is 6. The molecule has 0 fully saturated rings. The van der Waals surface area contributed by atoms with Gasteiger partial charge in [0.25, 0.3) is 0 Å². The summed E-state index contributed by atoms with van der Waals surface area (Å²) in [7, 11) is 0. The van der Waals surface area contributed by atoms with Crippen LogP contribution in [0.4, 0.5) is 17.1 Å². The van der Waals surface area contributed by atoms with E-state index in [2.05, 4.69) is 211 Å². The summed E-state index contributed by atoms with van der Waals surface area (Å²) in [6.45, 7) is 4.68. The first kappa shape index (κ1) is 34.6. The Hall–Kier alpha value is -7.63. The number of fused-ring (bicyclic) bond motifs is 6. The van der Waals surface area contributed by atoms with E-state index in [-0.39, 0.29) is 5.41 Å². The second kappa shape index (κ2) is 13.8. The summed E-state index contributed by atoms with van der Waals surface area (Å²) in [5.41, 5.74) is 14.0. The van der Waals surface area contributed by atoms with Crippen LogP contribution in [0, 0.1) is 0 Å². The first-order valence-electron chi connectivity index (χ1n) is 20.1. The minimum Gasteiger partial charge on any atom is -0.308 e. The van der Waals surface area contributed by atoms with Gasteiger partial charge in [-0.1, -0.05) is 178 Å². The molecule has 0 bridgehead atoms. The molecular weight excluding hydrogens is 719 g/mol. The van der Waals surface area contributed by atoms with E-state index in [9.17, 15) is 0 Å². The topological polar surface area (TPSA) is 46.8 Å². The molecule has 1 aliphatic heterocycles. The Labute approximate surface area is 343 Å². The molecule has 8 aromatic carbocycles. The van der Waals surface area contributed by atoms with Crippen molar-refractivity contribution in [3.05, 3.63) is 211 Å². The van der Waals surface area contributed by atoms with Crippen LogP contribution in [0.15, 0.2) is 200 Å². The molecule has 5 nitrogen and oxygen atoms in total. The zero-order valence-corrected chi connectivity index (χ0v) is 32.8. The Balaban J connectivity index is 1.23. The molecule has 0 saturated heterocycles. The van der Waals surface area contributed by atoms with Crippen molar-refractivity contribution in [2.24, 2.45) is 0 Å². The van der Waals surface area contributed by atoms with Gasteiger partial charge in [-0.2, -0.15) is 9.97 Å². The maximum atomic E-state index is 5.44. The highest BCUT2D eigenvalue weighted by molar-refractivity contribution is 6.15. The van der Waals surface area contributed by atoms with Crippen molar-refractivity contribution < 1.29 is 0 Å². The van der Waals surface area contributed by atoms with E-state index >= 15 is 0 Å². The normalized spacial score (nSPS) is 13.0. The molecule has 10 aromatic rings. The minimum atomic E-state index is -0.294. The number of benzene rings is 8. The Kier molecular flexibility index (Phi) is 8.09. The number of anilines is 3. The summed E-state index contributed by atoms with van der Waals surface area (Å²) in [4.78, 5) is 18.6. The van der Waals surface area contributed by atoms with Gasteiger partial charge in [-0.05, 0) is 69.8 Å². The van der Waals surface area contributed by atoms with Gasteiger partial charge >= 0.3 is 0 Å². The molecule has 0 spiro atoms. The summed E-state index contributed by atoms with van der Waals surface area (Å²) >= 11 is 0. The number of aromatic nitrogens is 4. The molecule has 0 saturated carbocycles. The largest absolute Gasteiger partial charge is 0.308 e. The van der Waals surface area contributed by atoms with Crippen molar-refractivity contribution >= 4 is 38.9 Å². The van der Waals surface area contributed by atoms with Crippen LogP contribution in [0.2, 0.25) is 0 Å². The van der Waals surface area contributed by atoms with Gasteiger partial charge in [0.05, 0.1) is 22.4 Å². The maximum absolute atomic E-state index is 5.44. The third-order valence-corrected chi connectivity index (χ3v) is 11.8. The maximum Gasteiger partial charge on any atom is 0.238 e. The summed E-state index contributed by atoms with van der Waals surface area (Å²) in [6, 6.07) is 70.7. The van der Waals surface area contributed by atoms with Gasteiger partial charge in [0.15, 0.2) is 11.6 Å². The molecule has 3 heterocycles. The SMILES string of the molecule is CC1(C)c2ccccc2N(c2ccccc2)c2c1ccc1c3ccccc3n(-c3nc(-c4cccc(-c5ccccc5)c4)nc(-c4cccc(-c5ccccc5)c4)n3)c21. The van der Waals surface area contributed by atoms with E-state index in [0.29, 0.717) is 17.6 Å².